The Morgan fingerprint density at radius 2 is 1.64 bits per heavy atom. The lowest BCUT2D eigenvalue weighted by molar-refractivity contribution is -0.261. The zero-order chi connectivity index (χ0) is 26.8. The van der Waals surface area contributed by atoms with Gasteiger partial charge in [-0.15, -0.1) is 0 Å². The van der Waals surface area contributed by atoms with Crippen molar-refractivity contribution in [2.45, 2.75) is 110 Å². The molecule has 0 bridgehead atoms. The molecule has 4 rings (SSSR count). The molecule has 0 amide bonds. The topological polar surface area (TPSA) is 145 Å². The Morgan fingerprint density at radius 1 is 1.00 bits per heavy atom. The SMILES string of the molecule is CC(C)C(O)/C=C/[C@@H](C)[C@H]1C[C@H](OS(=O)(=O)O)C2[C@]3(O)C[C@@H](O)C4C[C@@H](O)CC[C@]4(C)C3CC[C@@]21C. The van der Waals surface area contributed by atoms with Gasteiger partial charge < -0.3 is 20.4 Å². The van der Waals surface area contributed by atoms with E-state index >= 15 is 0 Å². The second kappa shape index (κ2) is 9.57. The molecule has 12 atom stereocenters. The highest BCUT2D eigenvalue weighted by Gasteiger charge is 2.71. The van der Waals surface area contributed by atoms with Crippen molar-refractivity contribution in [1.29, 1.82) is 0 Å². The lowest BCUT2D eigenvalue weighted by Crippen LogP contribution is -2.68. The number of fused-ring (bicyclic) bond motifs is 5. The van der Waals surface area contributed by atoms with Gasteiger partial charge in [0, 0.05) is 12.3 Å². The minimum absolute atomic E-state index is 0.0253. The van der Waals surface area contributed by atoms with Gasteiger partial charge in [-0.1, -0.05) is 46.8 Å². The average Bonchev–Trinajstić information content (AvgIpc) is 3.04. The molecule has 0 radical (unpaired) electrons. The summed E-state index contributed by atoms with van der Waals surface area (Å²) >= 11 is 0. The van der Waals surface area contributed by atoms with Gasteiger partial charge in [0.25, 0.3) is 0 Å². The molecule has 4 aliphatic rings. The fourth-order valence-corrected chi connectivity index (χ4v) is 9.70. The van der Waals surface area contributed by atoms with Crippen LogP contribution in [0.5, 0.6) is 0 Å². The van der Waals surface area contributed by atoms with E-state index in [1.165, 1.54) is 0 Å². The fraction of sp³-hybridized carbons (Fsp3) is 0.926. The second-order valence-electron chi connectivity index (χ2n) is 13.3. The summed E-state index contributed by atoms with van der Waals surface area (Å²) in [5.74, 6) is -0.912. The molecule has 4 unspecified atom stereocenters. The molecule has 0 aromatic rings. The molecular weight excluding hydrogens is 484 g/mol. The van der Waals surface area contributed by atoms with Crippen molar-refractivity contribution in [2.24, 2.45) is 46.3 Å². The molecule has 0 spiro atoms. The number of aliphatic hydroxyl groups excluding tert-OH is 3. The lowest BCUT2D eigenvalue weighted by Gasteiger charge is -2.66. The van der Waals surface area contributed by atoms with Crippen molar-refractivity contribution in [3.63, 3.8) is 0 Å². The average molecular weight is 531 g/mol. The van der Waals surface area contributed by atoms with Crippen molar-refractivity contribution in [3.05, 3.63) is 12.2 Å². The number of hydrogen-bond acceptors (Lipinski definition) is 7. The number of hydrogen-bond donors (Lipinski definition) is 5. The minimum Gasteiger partial charge on any atom is -0.393 e. The molecule has 4 fully saturated rings. The van der Waals surface area contributed by atoms with E-state index in [-0.39, 0.29) is 41.4 Å². The molecule has 4 aliphatic carbocycles. The maximum Gasteiger partial charge on any atom is 0.397 e. The van der Waals surface area contributed by atoms with Crippen LogP contribution in [0.4, 0.5) is 0 Å². The van der Waals surface area contributed by atoms with Crippen LogP contribution >= 0.6 is 0 Å². The van der Waals surface area contributed by atoms with Crippen LogP contribution in [-0.4, -0.2) is 63.4 Å². The Labute approximate surface area is 216 Å². The molecule has 4 saturated carbocycles. The third-order valence-electron chi connectivity index (χ3n) is 10.9. The first-order valence-electron chi connectivity index (χ1n) is 13.6. The minimum atomic E-state index is -4.76. The van der Waals surface area contributed by atoms with E-state index < -0.39 is 51.7 Å². The molecule has 36 heavy (non-hydrogen) atoms. The predicted octanol–water partition coefficient (Wildman–Crippen LogP) is 3.10. The number of allylic oxidation sites excluding steroid dienone is 1. The van der Waals surface area contributed by atoms with E-state index in [0.717, 1.165) is 12.8 Å². The van der Waals surface area contributed by atoms with Gasteiger partial charge in [-0.25, -0.2) is 4.18 Å². The largest absolute Gasteiger partial charge is 0.397 e. The van der Waals surface area contributed by atoms with Crippen LogP contribution in [0.25, 0.3) is 0 Å². The number of aliphatic hydroxyl groups is 4. The highest BCUT2D eigenvalue weighted by molar-refractivity contribution is 7.80. The van der Waals surface area contributed by atoms with Crippen molar-refractivity contribution in [1.82, 2.24) is 0 Å². The van der Waals surface area contributed by atoms with Crippen LogP contribution in [0.3, 0.4) is 0 Å². The Balaban J connectivity index is 1.73. The van der Waals surface area contributed by atoms with E-state index in [0.29, 0.717) is 25.7 Å². The van der Waals surface area contributed by atoms with Gasteiger partial charge in [-0.05, 0) is 78.9 Å². The monoisotopic (exact) mass is 530 g/mol. The van der Waals surface area contributed by atoms with E-state index in [1.54, 1.807) is 6.08 Å². The Hall–Kier alpha value is -0.550. The zero-order valence-electron chi connectivity index (χ0n) is 22.2. The van der Waals surface area contributed by atoms with Gasteiger partial charge in [0.05, 0.1) is 30.0 Å². The van der Waals surface area contributed by atoms with E-state index in [9.17, 15) is 33.4 Å². The lowest BCUT2D eigenvalue weighted by atomic mass is 9.42. The van der Waals surface area contributed by atoms with Gasteiger partial charge in [0.2, 0.25) is 0 Å². The summed E-state index contributed by atoms with van der Waals surface area (Å²) in [4.78, 5) is 0. The van der Waals surface area contributed by atoms with Gasteiger partial charge in [-0.3, -0.25) is 4.55 Å². The first-order chi connectivity index (χ1) is 16.5. The molecule has 208 valence electrons. The molecule has 0 aliphatic heterocycles. The Kier molecular flexibility index (Phi) is 7.57. The molecular formula is C27H46O8S. The van der Waals surface area contributed by atoms with Crippen molar-refractivity contribution >= 4 is 10.4 Å². The highest BCUT2D eigenvalue weighted by Crippen LogP contribution is 2.70. The quantitative estimate of drug-likeness (QED) is 0.260. The van der Waals surface area contributed by atoms with E-state index in [2.05, 4.69) is 13.8 Å². The third-order valence-corrected chi connectivity index (χ3v) is 11.4. The first kappa shape index (κ1) is 28.5. The molecule has 0 aromatic heterocycles. The van der Waals surface area contributed by atoms with Gasteiger partial charge in [-0.2, -0.15) is 8.42 Å². The first-order valence-corrected chi connectivity index (χ1v) is 15.0. The molecule has 5 N–H and O–H groups in total. The van der Waals surface area contributed by atoms with Crippen LogP contribution in [0.2, 0.25) is 0 Å². The van der Waals surface area contributed by atoms with Gasteiger partial charge in [0.15, 0.2) is 0 Å². The number of rotatable bonds is 6. The molecule has 0 aromatic carbocycles. The summed E-state index contributed by atoms with van der Waals surface area (Å²) in [7, 11) is -4.76. The van der Waals surface area contributed by atoms with Crippen LogP contribution in [0.1, 0.15) is 79.6 Å². The summed E-state index contributed by atoms with van der Waals surface area (Å²) in [6.45, 7) is 10.1. The highest BCUT2D eigenvalue weighted by atomic mass is 32.3. The molecule has 0 heterocycles. The summed E-state index contributed by atoms with van der Waals surface area (Å²) < 4.78 is 38.8. The Bertz CT molecular complexity index is 951. The van der Waals surface area contributed by atoms with Crippen LogP contribution in [0.15, 0.2) is 12.2 Å². The van der Waals surface area contributed by atoms with Crippen LogP contribution in [-0.2, 0) is 14.6 Å². The van der Waals surface area contributed by atoms with Gasteiger partial charge in [0.1, 0.15) is 0 Å². The van der Waals surface area contributed by atoms with E-state index in [4.69, 9.17) is 4.18 Å². The maximum absolute atomic E-state index is 12.5. The van der Waals surface area contributed by atoms with E-state index in [1.807, 2.05) is 26.8 Å². The summed E-state index contributed by atoms with van der Waals surface area (Å²) in [6, 6.07) is 0. The maximum atomic E-state index is 12.5. The summed E-state index contributed by atoms with van der Waals surface area (Å²) in [6.07, 6.45) is 4.69. The predicted molar refractivity (Wildman–Crippen MR) is 135 cm³/mol. The smallest absolute Gasteiger partial charge is 0.393 e. The van der Waals surface area contributed by atoms with Crippen molar-refractivity contribution < 1.29 is 37.6 Å². The van der Waals surface area contributed by atoms with Crippen molar-refractivity contribution in [3.8, 4) is 0 Å². The fourth-order valence-electron chi connectivity index (χ4n) is 9.20. The summed E-state index contributed by atoms with van der Waals surface area (Å²) in [5.41, 5.74) is -2.25. The normalized spacial score (nSPS) is 48.9. The molecule has 8 nitrogen and oxygen atoms in total. The van der Waals surface area contributed by atoms with Gasteiger partial charge >= 0.3 is 10.4 Å². The van der Waals surface area contributed by atoms with Crippen LogP contribution < -0.4 is 0 Å². The second-order valence-corrected chi connectivity index (χ2v) is 14.3. The molecule has 0 saturated heterocycles. The zero-order valence-corrected chi connectivity index (χ0v) is 23.1. The van der Waals surface area contributed by atoms with Crippen molar-refractivity contribution in [2.75, 3.05) is 0 Å². The summed E-state index contributed by atoms with van der Waals surface area (Å²) in [5, 5.41) is 44.4. The van der Waals surface area contributed by atoms with Crippen LogP contribution in [0, 0.1) is 46.3 Å². The Morgan fingerprint density at radius 3 is 2.25 bits per heavy atom. The molecule has 9 heteroatoms. The standard InChI is InChI=1S/C27H46O8S/c1-15(2)20(29)7-6-16(3)18-13-22(35-36(32,33)34)24-26(18,5)11-9-23-25(4)10-8-17(28)12-19(25)21(30)14-27(23,24)31/h6-7,15-24,28-31H,8-14H2,1-5H3,(H,32,33,34)/b7-6+/t16-,17+,18-,19?,20?,21-,22+,23?,24?,25+,26-,27+/m1/s1. The third kappa shape index (κ3) is 4.71.